The number of benzene rings is 1. The van der Waals surface area contributed by atoms with E-state index in [1.54, 1.807) is 7.11 Å². The smallest absolute Gasteiger partial charge is 0.257 e. The van der Waals surface area contributed by atoms with Gasteiger partial charge in [-0.2, -0.15) is 0 Å². The van der Waals surface area contributed by atoms with Crippen LogP contribution in [-0.4, -0.2) is 32.8 Å². The molecule has 5 nitrogen and oxygen atoms in total. The third-order valence-corrected chi connectivity index (χ3v) is 3.28. The molecular formula is C16H26N2O3. The zero-order chi connectivity index (χ0) is 15.7. The van der Waals surface area contributed by atoms with Gasteiger partial charge in [-0.05, 0) is 29.5 Å². The van der Waals surface area contributed by atoms with Crippen LogP contribution in [-0.2, 0) is 16.1 Å². The fourth-order valence-electron chi connectivity index (χ4n) is 1.73. The van der Waals surface area contributed by atoms with E-state index < -0.39 is 0 Å². The summed E-state index contributed by atoms with van der Waals surface area (Å²) in [4.78, 5) is 11.8. The molecule has 1 aromatic carbocycles. The molecule has 0 saturated carbocycles. The van der Waals surface area contributed by atoms with Gasteiger partial charge in [0.15, 0.2) is 6.61 Å². The highest BCUT2D eigenvalue weighted by molar-refractivity contribution is 5.77. The van der Waals surface area contributed by atoms with E-state index in [0.717, 1.165) is 12.0 Å². The predicted molar refractivity (Wildman–Crippen MR) is 83.1 cm³/mol. The normalized spacial score (nSPS) is 11.2. The minimum atomic E-state index is -0.122. The monoisotopic (exact) mass is 294 g/mol. The Morgan fingerprint density at radius 2 is 1.95 bits per heavy atom. The van der Waals surface area contributed by atoms with Crippen LogP contribution in [0.2, 0.25) is 0 Å². The molecule has 0 unspecified atom stereocenters. The molecule has 0 aliphatic heterocycles. The Bertz CT molecular complexity index is 430. The van der Waals surface area contributed by atoms with E-state index in [1.807, 2.05) is 24.3 Å². The first-order chi connectivity index (χ1) is 9.96. The molecule has 118 valence electrons. The first-order valence-electron chi connectivity index (χ1n) is 7.14. The minimum absolute atomic E-state index is 0.00838. The van der Waals surface area contributed by atoms with Crippen LogP contribution in [0.5, 0.6) is 5.75 Å². The van der Waals surface area contributed by atoms with Gasteiger partial charge in [0.1, 0.15) is 5.75 Å². The lowest BCUT2D eigenvalue weighted by molar-refractivity contribution is -0.123. The van der Waals surface area contributed by atoms with Crippen LogP contribution < -0.4 is 15.8 Å². The van der Waals surface area contributed by atoms with E-state index >= 15 is 0 Å². The number of rotatable bonds is 9. The maximum atomic E-state index is 11.8. The van der Waals surface area contributed by atoms with Gasteiger partial charge in [0.2, 0.25) is 0 Å². The Labute approximate surface area is 126 Å². The van der Waals surface area contributed by atoms with Gasteiger partial charge in [0.25, 0.3) is 5.91 Å². The van der Waals surface area contributed by atoms with E-state index in [-0.39, 0.29) is 17.9 Å². The lowest BCUT2D eigenvalue weighted by Gasteiger charge is -2.24. The summed E-state index contributed by atoms with van der Waals surface area (Å²) >= 11 is 0. The Morgan fingerprint density at radius 3 is 2.52 bits per heavy atom. The number of methoxy groups -OCH3 is 1. The quantitative estimate of drug-likeness (QED) is 0.727. The molecule has 3 N–H and O–H groups in total. The summed E-state index contributed by atoms with van der Waals surface area (Å²) in [5.74, 6) is 0.546. The highest BCUT2D eigenvalue weighted by Crippen LogP contribution is 2.18. The summed E-state index contributed by atoms with van der Waals surface area (Å²) in [6, 6.07) is 7.41. The van der Waals surface area contributed by atoms with Crippen LogP contribution in [0.4, 0.5) is 0 Å². The molecular weight excluding hydrogens is 268 g/mol. The number of hydrogen-bond donors (Lipinski definition) is 2. The second kappa shape index (κ2) is 8.64. The Kier molecular flexibility index (Phi) is 7.19. The number of nitrogens with two attached hydrogens (primary N) is 1. The molecule has 1 aromatic rings. The number of nitrogens with one attached hydrogen (secondary N) is 1. The zero-order valence-corrected chi connectivity index (χ0v) is 13.1. The SMILES string of the molecule is COCCC(C)(C)CNC(=O)COc1ccc(CN)cc1. The van der Waals surface area contributed by atoms with Crippen molar-refractivity contribution in [1.29, 1.82) is 0 Å². The van der Waals surface area contributed by atoms with Gasteiger partial charge < -0.3 is 20.5 Å². The lowest BCUT2D eigenvalue weighted by Crippen LogP contribution is -2.37. The van der Waals surface area contributed by atoms with E-state index in [1.165, 1.54) is 0 Å². The van der Waals surface area contributed by atoms with Gasteiger partial charge in [-0.3, -0.25) is 4.79 Å². The summed E-state index contributed by atoms with van der Waals surface area (Å²) < 4.78 is 10.5. The van der Waals surface area contributed by atoms with Crippen LogP contribution in [0.25, 0.3) is 0 Å². The number of amides is 1. The van der Waals surface area contributed by atoms with Gasteiger partial charge >= 0.3 is 0 Å². The van der Waals surface area contributed by atoms with Gasteiger partial charge in [-0.25, -0.2) is 0 Å². The summed E-state index contributed by atoms with van der Waals surface area (Å²) in [5.41, 5.74) is 6.57. The number of carbonyl (C=O) groups is 1. The molecule has 21 heavy (non-hydrogen) atoms. The van der Waals surface area contributed by atoms with Crippen molar-refractivity contribution in [1.82, 2.24) is 5.32 Å². The second-order valence-corrected chi connectivity index (χ2v) is 5.82. The van der Waals surface area contributed by atoms with Crippen LogP contribution in [0.15, 0.2) is 24.3 Å². The molecule has 0 heterocycles. The maximum absolute atomic E-state index is 11.8. The predicted octanol–water partition coefficient (Wildman–Crippen LogP) is 1.70. The molecule has 0 aliphatic rings. The number of carbonyl (C=O) groups excluding carboxylic acids is 1. The summed E-state index contributed by atoms with van der Waals surface area (Å²) in [5, 5.41) is 2.89. The van der Waals surface area contributed by atoms with Crippen molar-refractivity contribution in [3.05, 3.63) is 29.8 Å². The van der Waals surface area contributed by atoms with Crippen molar-refractivity contribution in [3.8, 4) is 5.75 Å². The molecule has 1 amide bonds. The molecule has 5 heteroatoms. The van der Waals surface area contributed by atoms with Gasteiger partial charge in [-0.15, -0.1) is 0 Å². The van der Waals surface area contributed by atoms with Crippen LogP contribution in [0, 0.1) is 5.41 Å². The average molecular weight is 294 g/mol. The molecule has 0 saturated heterocycles. The highest BCUT2D eigenvalue weighted by Gasteiger charge is 2.18. The Morgan fingerprint density at radius 1 is 1.29 bits per heavy atom. The first-order valence-corrected chi connectivity index (χ1v) is 7.14. The average Bonchev–Trinajstić information content (AvgIpc) is 2.49. The van der Waals surface area contributed by atoms with Crippen molar-refractivity contribution in [3.63, 3.8) is 0 Å². The molecule has 0 radical (unpaired) electrons. The van der Waals surface area contributed by atoms with Crippen molar-refractivity contribution >= 4 is 5.91 Å². The molecule has 0 fully saturated rings. The van der Waals surface area contributed by atoms with Crippen LogP contribution >= 0.6 is 0 Å². The Balaban J connectivity index is 2.30. The molecule has 0 aromatic heterocycles. The Hall–Kier alpha value is -1.59. The molecule has 1 rings (SSSR count). The van der Waals surface area contributed by atoms with Crippen molar-refractivity contribution in [2.75, 3.05) is 26.9 Å². The fraction of sp³-hybridized carbons (Fsp3) is 0.562. The van der Waals surface area contributed by atoms with Crippen molar-refractivity contribution < 1.29 is 14.3 Å². The summed E-state index contributed by atoms with van der Waals surface area (Å²) in [6.07, 6.45) is 0.894. The van der Waals surface area contributed by atoms with Crippen LogP contribution in [0.3, 0.4) is 0 Å². The largest absolute Gasteiger partial charge is 0.484 e. The maximum Gasteiger partial charge on any atom is 0.257 e. The van der Waals surface area contributed by atoms with E-state index in [9.17, 15) is 4.79 Å². The highest BCUT2D eigenvalue weighted by atomic mass is 16.5. The van der Waals surface area contributed by atoms with Gasteiger partial charge in [0.05, 0.1) is 0 Å². The standard InChI is InChI=1S/C16H26N2O3/c1-16(2,8-9-20-3)12-18-15(19)11-21-14-6-4-13(10-17)5-7-14/h4-7H,8-12,17H2,1-3H3,(H,18,19). The van der Waals surface area contributed by atoms with Gasteiger partial charge in [-0.1, -0.05) is 26.0 Å². The van der Waals surface area contributed by atoms with E-state index in [0.29, 0.717) is 25.4 Å². The summed E-state index contributed by atoms with van der Waals surface area (Å²) in [6.45, 7) is 5.99. The number of hydrogen-bond acceptors (Lipinski definition) is 4. The third-order valence-electron chi connectivity index (χ3n) is 3.28. The van der Waals surface area contributed by atoms with Crippen LogP contribution in [0.1, 0.15) is 25.8 Å². The fourth-order valence-corrected chi connectivity index (χ4v) is 1.73. The molecule has 0 spiro atoms. The number of ether oxygens (including phenoxy) is 2. The third kappa shape index (κ3) is 7.11. The second-order valence-electron chi connectivity index (χ2n) is 5.82. The molecule has 0 bridgehead atoms. The minimum Gasteiger partial charge on any atom is -0.484 e. The summed E-state index contributed by atoms with van der Waals surface area (Å²) in [7, 11) is 1.68. The first kappa shape index (κ1) is 17.5. The van der Waals surface area contributed by atoms with Crippen molar-refractivity contribution in [2.45, 2.75) is 26.8 Å². The topological polar surface area (TPSA) is 73.6 Å². The van der Waals surface area contributed by atoms with Gasteiger partial charge in [0, 0.05) is 26.8 Å². The van der Waals surface area contributed by atoms with E-state index in [4.69, 9.17) is 15.2 Å². The van der Waals surface area contributed by atoms with Crippen molar-refractivity contribution in [2.24, 2.45) is 11.1 Å². The molecule has 0 atom stereocenters. The molecule has 0 aliphatic carbocycles. The zero-order valence-electron chi connectivity index (χ0n) is 13.1. The van der Waals surface area contributed by atoms with E-state index in [2.05, 4.69) is 19.2 Å². The lowest BCUT2D eigenvalue weighted by atomic mass is 9.90.